The summed E-state index contributed by atoms with van der Waals surface area (Å²) in [5.41, 5.74) is 1.37. The van der Waals surface area contributed by atoms with Crippen molar-refractivity contribution < 1.29 is 4.74 Å². The van der Waals surface area contributed by atoms with Gasteiger partial charge in [0.2, 0.25) is 0 Å². The summed E-state index contributed by atoms with van der Waals surface area (Å²) in [7, 11) is 1.57. The maximum Gasteiger partial charge on any atom is 0.124 e. The summed E-state index contributed by atoms with van der Waals surface area (Å²) in [4.78, 5) is 0. The lowest BCUT2D eigenvalue weighted by Gasteiger charge is -2.17. The van der Waals surface area contributed by atoms with Gasteiger partial charge in [0.05, 0.1) is 12.5 Å². The van der Waals surface area contributed by atoms with Gasteiger partial charge >= 0.3 is 0 Å². The smallest absolute Gasteiger partial charge is 0.124 e. The Balaban J connectivity index is 2.55. The second-order valence-electron chi connectivity index (χ2n) is 3.88. The van der Waals surface area contributed by atoms with Gasteiger partial charge in [-0.15, -0.1) is 11.6 Å². The van der Waals surface area contributed by atoms with Crippen LogP contribution in [0.1, 0.15) is 16.5 Å². The summed E-state index contributed by atoms with van der Waals surface area (Å²) in [5, 5.41) is 1.06. The summed E-state index contributed by atoms with van der Waals surface area (Å²) in [6, 6.07) is 10.5. The highest BCUT2D eigenvalue weighted by Crippen LogP contribution is 2.42. The molecule has 0 heterocycles. The minimum absolute atomic E-state index is 0.509. The number of methoxy groups -OCH3 is 1. The van der Waals surface area contributed by atoms with Crippen LogP contribution >= 0.6 is 46.4 Å². The van der Waals surface area contributed by atoms with Crippen molar-refractivity contribution in [2.75, 3.05) is 7.11 Å². The topological polar surface area (TPSA) is 9.23 Å². The highest BCUT2D eigenvalue weighted by atomic mass is 35.5. The molecule has 0 radical (unpaired) electrons. The van der Waals surface area contributed by atoms with Crippen LogP contribution in [0.4, 0.5) is 0 Å². The number of halogens is 4. The van der Waals surface area contributed by atoms with Crippen molar-refractivity contribution in [3.05, 3.63) is 62.6 Å². The Labute approximate surface area is 132 Å². The summed E-state index contributed by atoms with van der Waals surface area (Å²) >= 11 is 24.8. The molecule has 1 nitrogen and oxygen atoms in total. The van der Waals surface area contributed by atoms with Gasteiger partial charge in [0.25, 0.3) is 0 Å². The number of hydrogen-bond donors (Lipinski definition) is 0. The van der Waals surface area contributed by atoms with Gasteiger partial charge in [-0.25, -0.2) is 0 Å². The molecular formula is C14H10Cl4O. The summed E-state index contributed by atoms with van der Waals surface area (Å²) in [6.07, 6.45) is 0. The Hall–Kier alpha value is -0.600. The first kappa shape index (κ1) is 14.8. The fourth-order valence-corrected chi connectivity index (χ4v) is 3.13. The van der Waals surface area contributed by atoms with Crippen LogP contribution in [0.25, 0.3) is 0 Å². The van der Waals surface area contributed by atoms with Crippen LogP contribution in [0.3, 0.4) is 0 Å². The molecule has 2 aromatic carbocycles. The third-order valence-electron chi connectivity index (χ3n) is 2.72. The number of alkyl halides is 1. The molecule has 0 aliphatic rings. The Morgan fingerprint density at radius 2 is 1.63 bits per heavy atom. The zero-order valence-corrected chi connectivity index (χ0v) is 13.0. The fraction of sp³-hybridized carbons (Fsp3) is 0.143. The van der Waals surface area contributed by atoms with Gasteiger partial charge in [-0.3, -0.25) is 0 Å². The predicted molar refractivity (Wildman–Crippen MR) is 82.2 cm³/mol. The molecule has 0 aliphatic carbocycles. The van der Waals surface area contributed by atoms with E-state index in [2.05, 4.69) is 0 Å². The first-order valence-electron chi connectivity index (χ1n) is 5.46. The Kier molecular flexibility index (Phi) is 4.86. The predicted octanol–water partition coefficient (Wildman–Crippen LogP) is 5.98. The van der Waals surface area contributed by atoms with Crippen molar-refractivity contribution in [1.29, 1.82) is 0 Å². The molecule has 0 aromatic heterocycles. The molecule has 100 valence electrons. The van der Waals surface area contributed by atoms with Crippen molar-refractivity contribution in [2.45, 2.75) is 5.38 Å². The Bertz CT molecular complexity index is 578. The zero-order valence-electron chi connectivity index (χ0n) is 9.96. The summed E-state index contributed by atoms with van der Waals surface area (Å²) in [6.45, 7) is 0. The van der Waals surface area contributed by atoms with E-state index >= 15 is 0 Å². The lowest BCUT2D eigenvalue weighted by atomic mass is 10.0. The lowest BCUT2D eigenvalue weighted by Crippen LogP contribution is -1.99. The molecule has 2 aromatic rings. The quantitative estimate of drug-likeness (QED) is 0.626. The van der Waals surface area contributed by atoms with Crippen LogP contribution in [0.5, 0.6) is 5.75 Å². The minimum atomic E-state index is -0.533. The minimum Gasteiger partial charge on any atom is -0.496 e. The van der Waals surface area contributed by atoms with E-state index in [9.17, 15) is 0 Å². The standard InChI is InChI=1S/C14H10Cl4O/c1-19-12-6-5-8(15)7-9(12)14(18)13-10(16)3-2-4-11(13)17/h2-7,14H,1H3. The number of hydrogen-bond acceptors (Lipinski definition) is 1. The van der Waals surface area contributed by atoms with Crippen LogP contribution in [0.2, 0.25) is 15.1 Å². The van der Waals surface area contributed by atoms with Crippen molar-refractivity contribution >= 4 is 46.4 Å². The molecule has 0 fully saturated rings. The first-order valence-corrected chi connectivity index (χ1v) is 7.03. The maximum atomic E-state index is 6.49. The molecule has 0 amide bonds. The van der Waals surface area contributed by atoms with Gasteiger partial charge in [0.1, 0.15) is 5.75 Å². The van der Waals surface area contributed by atoms with E-state index < -0.39 is 5.38 Å². The second kappa shape index (κ2) is 6.23. The number of ether oxygens (including phenoxy) is 1. The molecule has 0 spiro atoms. The van der Waals surface area contributed by atoms with Crippen molar-refractivity contribution in [3.63, 3.8) is 0 Å². The van der Waals surface area contributed by atoms with Crippen LogP contribution < -0.4 is 4.74 Å². The Morgan fingerprint density at radius 1 is 1.00 bits per heavy atom. The van der Waals surface area contributed by atoms with Crippen molar-refractivity contribution in [2.24, 2.45) is 0 Å². The molecule has 19 heavy (non-hydrogen) atoms. The summed E-state index contributed by atoms with van der Waals surface area (Å²) < 4.78 is 5.29. The van der Waals surface area contributed by atoms with Gasteiger partial charge in [0.15, 0.2) is 0 Å². The van der Waals surface area contributed by atoms with Crippen molar-refractivity contribution in [1.82, 2.24) is 0 Å². The van der Waals surface area contributed by atoms with E-state index in [1.807, 2.05) is 0 Å². The molecule has 0 N–H and O–H groups in total. The molecule has 5 heteroatoms. The van der Waals surface area contributed by atoms with Gasteiger partial charge < -0.3 is 4.74 Å². The van der Waals surface area contributed by atoms with Crippen molar-refractivity contribution in [3.8, 4) is 5.75 Å². The average Bonchev–Trinajstić information content (AvgIpc) is 2.38. The highest BCUT2D eigenvalue weighted by molar-refractivity contribution is 6.38. The van der Waals surface area contributed by atoms with Gasteiger partial charge in [-0.2, -0.15) is 0 Å². The lowest BCUT2D eigenvalue weighted by molar-refractivity contribution is 0.410. The first-order chi connectivity index (χ1) is 9.04. The molecule has 0 saturated heterocycles. The molecular weight excluding hydrogens is 326 g/mol. The zero-order chi connectivity index (χ0) is 14.0. The van der Waals surface area contributed by atoms with Crippen LogP contribution in [0, 0.1) is 0 Å². The van der Waals surface area contributed by atoms with Crippen LogP contribution in [-0.4, -0.2) is 7.11 Å². The molecule has 2 rings (SSSR count). The third kappa shape index (κ3) is 3.11. The highest BCUT2D eigenvalue weighted by Gasteiger charge is 2.21. The SMILES string of the molecule is COc1ccc(Cl)cc1C(Cl)c1c(Cl)cccc1Cl. The second-order valence-corrected chi connectivity index (χ2v) is 5.57. The number of benzene rings is 2. The normalized spacial score (nSPS) is 12.3. The molecule has 0 bridgehead atoms. The van der Waals surface area contributed by atoms with Gasteiger partial charge in [-0.1, -0.05) is 40.9 Å². The van der Waals surface area contributed by atoms with E-state index in [0.717, 1.165) is 5.56 Å². The molecule has 1 atom stereocenters. The molecule has 1 unspecified atom stereocenters. The number of rotatable bonds is 3. The summed E-state index contributed by atoms with van der Waals surface area (Å²) in [5.74, 6) is 0.639. The van der Waals surface area contributed by atoms with Gasteiger partial charge in [-0.05, 0) is 30.3 Å². The monoisotopic (exact) mass is 334 g/mol. The largest absolute Gasteiger partial charge is 0.496 e. The van der Waals surface area contributed by atoms with E-state index in [0.29, 0.717) is 26.4 Å². The van der Waals surface area contributed by atoms with Gasteiger partial charge in [0, 0.05) is 26.2 Å². The fourth-order valence-electron chi connectivity index (χ4n) is 1.81. The van der Waals surface area contributed by atoms with Crippen LogP contribution in [0.15, 0.2) is 36.4 Å². The average molecular weight is 336 g/mol. The molecule has 0 saturated carbocycles. The van der Waals surface area contributed by atoms with Crippen LogP contribution in [-0.2, 0) is 0 Å². The third-order valence-corrected chi connectivity index (χ3v) is 4.07. The van der Waals surface area contributed by atoms with E-state index in [1.54, 1.807) is 43.5 Å². The van der Waals surface area contributed by atoms with E-state index in [-0.39, 0.29) is 0 Å². The van der Waals surface area contributed by atoms with E-state index in [4.69, 9.17) is 51.1 Å². The molecule has 0 aliphatic heterocycles. The Morgan fingerprint density at radius 3 is 2.21 bits per heavy atom. The maximum absolute atomic E-state index is 6.49. The van der Waals surface area contributed by atoms with E-state index in [1.165, 1.54) is 0 Å².